The van der Waals surface area contributed by atoms with Gasteiger partial charge in [-0.25, -0.2) is 4.79 Å². The van der Waals surface area contributed by atoms with Crippen molar-refractivity contribution in [3.8, 4) is 0 Å². The number of amides is 2. The number of carbonyl (C=O) groups excluding carboxylic acids is 1. The second kappa shape index (κ2) is 10.3. The van der Waals surface area contributed by atoms with Crippen LogP contribution in [0.25, 0.3) is 0 Å². The second-order valence-corrected chi connectivity index (χ2v) is 7.20. The number of urea groups is 1. The normalized spacial score (nSPS) is 12.0. The number of nitrogens with zero attached hydrogens (tertiary/aromatic N) is 1. The molecule has 2 aromatic rings. The topological polar surface area (TPSA) is 44.4 Å². The van der Waals surface area contributed by atoms with Gasteiger partial charge in [-0.3, -0.25) is 4.90 Å². The molecule has 2 N–H and O–H groups in total. The fourth-order valence-corrected chi connectivity index (χ4v) is 3.43. The Balaban J connectivity index is 1.82. The lowest BCUT2D eigenvalue weighted by Crippen LogP contribution is -2.36. The van der Waals surface area contributed by atoms with Crippen molar-refractivity contribution in [2.45, 2.75) is 39.9 Å². The average Bonchev–Trinajstić information content (AvgIpc) is 2.65. The van der Waals surface area contributed by atoms with E-state index in [2.05, 4.69) is 69.6 Å². The minimum atomic E-state index is -0.166. The Morgan fingerprint density at radius 3 is 2.27 bits per heavy atom. The van der Waals surface area contributed by atoms with Crippen LogP contribution in [0.2, 0.25) is 0 Å². The van der Waals surface area contributed by atoms with Gasteiger partial charge in [0.1, 0.15) is 0 Å². The molecular formula is C21H28BrN3O. The number of halogens is 1. The molecule has 0 saturated heterocycles. The highest BCUT2D eigenvalue weighted by Crippen LogP contribution is 2.22. The van der Waals surface area contributed by atoms with Crippen LogP contribution in [-0.2, 0) is 13.1 Å². The van der Waals surface area contributed by atoms with Crippen LogP contribution in [0, 0.1) is 0 Å². The predicted molar refractivity (Wildman–Crippen MR) is 111 cm³/mol. The predicted octanol–water partition coefficient (Wildman–Crippen LogP) is 4.85. The number of benzene rings is 2. The molecule has 4 nitrogen and oxygen atoms in total. The SMILES string of the molecule is CCN(CC)Cc1ccc(CNC(=O)NC(C)c2ccccc2Br)cc1. The summed E-state index contributed by atoms with van der Waals surface area (Å²) in [6, 6.07) is 16.1. The summed E-state index contributed by atoms with van der Waals surface area (Å²) >= 11 is 3.52. The standard InChI is InChI=1S/C21H28BrN3O/c1-4-25(5-2)15-18-12-10-17(11-13-18)14-23-21(26)24-16(3)19-8-6-7-9-20(19)22/h6-13,16H,4-5,14-15H2,1-3H3,(H2,23,24,26). The summed E-state index contributed by atoms with van der Waals surface area (Å²) in [6.07, 6.45) is 0. The van der Waals surface area contributed by atoms with Crippen molar-refractivity contribution in [2.24, 2.45) is 0 Å². The van der Waals surface area contributed by atoms with E-state index in [1.54, 1.807) is 0 Å². The first-order chi connectivity index (χ1) is 12.5. The third-order valence-electron chi connectivity index (χ3n) is 4.50. The maximum Gasteiger partial charge on any atom is 0.315 e. The van der Waals surface area contributed by atoms with Gasteiger partial charge in [-0.2, -0.15) is 0 Å². The molecule has 0 bridgehead atoms. The zero-order chi connectivity index (χ0) is 18.9. The lowest BCUT2D eigenvalue weighted by Gasteiger charge is -2.18. The van der Waals surface area contributed by atoms with Gasteiger partial charge in [-0.05, 0) is 42.8 Å². The average molecular weight is 418 g/mol. The molecule has 0 aromatic heterocycles. The summed E-state index contributed by atoms with van der Waals surface area (Å²) in [6.45, 7) is 9.91. The third-order valence-corrected chi connectivity index (χ3v) is 5.22. The van der Waals surface area contributed by atoms with Crippen molar-refractivity contribution >= 4 is 22.0 Å². The quantitative estimate of drug-likeness (QED) is 0.644. The number of carbonyl (C=O) groups is 1. The minimum Gasteiger partial charge on any atom is -0.334 e. The van der Waals surface area contributed by atoms with E-state index in [1.165, 1.54) is 5.56 Å². The maximum absolute atomic E-state index is 12.2. The van der Waals surface area contributed by atoms with Crippen LogP contribution >= 0.6 is 15.9 Å². The van der Waals surface area contributed by atoms with Gasteiger partial charge in [0.2, 0.25) is 0 Å². The van der Waals surface area contributed by atoms with Gasteiger partial charge in [0, 0.05) is 17.6 Å². The van der Waals surface area contributed by atoms with Gasteiger partial charge >= 0.3 is 6.03 Å². The molecule has 0 aliphatic rings. The van der Waals surface area contributed by atoms with Gasteiger partial charge in [0.05, 0.1) is 6.04 Å². The van der Waals surface area contributed by atoms with Crippen LogP contribution in [0.3, 0.4) is 0 Å². The van der Waals surface area contributed by atoms with Gasteiger partial charge in [0.15, 0.2) is 0 Å². The van der Waals surface area contributed by atoms with E-state index in [9.17, 15) is 4.79 Å². The maximum atomic E-state index is 12.2. The largest absolute Gasteiger partial charge is 0.334 e. The first-order valence-corrected chi connectivity index (χ1v) is 9.91. The molecule has 0 spiro atoms. The minimum absolute atomic E-state index is 0.0676. The Kier molecular flexibility index (Phi) is 8.13. The molecule has 0 saturated carbocycles. The molecule has 2 rings (SSSR count). The van der Waals surface area contributed by atoms with Crippen LogP contribution in [0.5, 0.6) is 0 Å². The highest BCUT2D eigenvalue weighted by atomic mass is 79.9. The van der Waals surface area contributed by atoms with Crippen LogP contribution < -0.4 is 10.6 Å². The van der Waals surface area contributed by atoms with E-state index < -0.39 is 0 Å². The Morgan fingerprint density at radius 2 is 1.65 bits per heavy atom. The van der Waals surface area contributed by atoms with E-state index in [4.69, 9.17) is 0 Å². The number of hydrogen-bond donors (Lipinski definition) is 2. The third kappa shape index (κ3) is 6.15. The van der Waals surface area contributed by atoms with Crippen molar-refractivity contribution in [3.63, 3.8) is 0 Å². The Labute approximate surface area is 165 Å². The highest BCUT2D eigenvalue weighted by molar-refractivity contribution is 9.10. The molecule has 0 fully saturated rings. The summed E-state index contributed by atoms with van der Waals surface area (Å²) in [7, 11) is 0. The Morgan fingerprint density at radius 1 is 1.04 bits per heavy atom. The first kappa shape index (κ1) is 20.5. The molecular weight excluding hydrogens is 390 g/mol. The molecule has 0 aliphatic heterocycles. The van der Waals surface area contributed by atoms with Gasteiger partial charge in [-0.1, -0.05) is 72.2 Å². The van der Waals surface area contributed by atoms with Crippen LogP contribution in [0.4, 0.5) is 4.79 Å². The lowest BCUT2D eigenvalue weighted by molar-refractivity contribution is 0.237. The molecule has 140 valence electrons. The van der Waals surface area contributed by atoms with Crippen LogP contribution in [-0.4, -0.2) is 24.0 Å². The van der Waals surface area contributed by atoms with Crippen LogP contribution in [0.1, 0.15) is 43.5 Å². The number of nitrogens with one attached hydrogen (secondary N) is 2. The molecule has 2 amide bonds. The summed E-state index contributed by atoms with van der Waals surface area (Å²) < 4.78 is 0.997. The van der Waals surface area contributed by atoms with E-state index in [0.29, 0.717) is 6.54 Å². The Bertz CT molecular complexity index is 699. The summed E-state index contributed by atoms with van der Waals surface area (Å²) in [5.74, 6) is 0. The zero-order valence-corrected chi connectivity index (χ0v) is 17.3. The smallest absolute Gasteiger partial charge is 0.315 e. The molecule has 0 radical (unpaired) electrons. The Hall–Kier alpha value is -1.85. The lowest BCUT2D eigenvalue weighted by atomic mass is 10.1. The summed E-state index contributed by atoms with van der Waals surface area (Å²) in [4.78, 5) is 14.5. The number of rotatable bonds is 8. The monoisotopic (exact) mass is 417 g/mol. The van der Waals surface area contributed by atoms with E-state index in [0.717, 1.165) is 35.2 Å². The van der Waals surface area contributed by atoms with Crippen molar-refractivity contribution in [3.05, 3.63) is 69.7 Å². The van der Waals surface area contributed by atoms with Crippen molar-refractivity contribution < 1.29 is 4.79 Å². The molecule has 0 aliphatic carbocycles. The van der Waals surface area contributed by atoms with Crippen molar-refractivity contribution in [1.29, 1.82) is 0 Å². The first-order valence-electron chi connectivity index (χ1n) is 9.12. The van der Waals surface area contributed by atoms with Gasteiger partial charge in [-0.15, -0.1) is 0 Å². The zero-order valence-electron chi connectivity index (χ0n) is 15.8. The van der Waals surface area contributed by atoms with Gasteiger partial charge < -0.3 is 10.6 Å². The second-order valence-electron chi connectivity index (χ2n) is 6.35. The van der Waals surface area contributed by atoms with Gasteiger partial charge in [0.25, 0.3) is 0 Å². The molecule has 2 aromatic carbocycles. The molecule has 1 atom stereocenters. The van der Waals surface area contributed by atoms with E-state index in [-0.39, 0.29) is 12.1 Å². The summed E-state index contributed by atoms with van der Waals surface area (Å²) in [5, 5.41) is 5.90. The molecule has 1 unspecified atom stereocenters. The molecule has 0 heterocycles. The summed E-state index contributed by atoms with van der Waals surface area (Å²) in [5.41, 5.74) is 3.45. The fraction of sp³-hybridized carbons (Fsp3) is 0.381. The number of hydrogen-bond acceptors (Lipinski definition) is 2. The van der Waals surface area contributed by atoms with E-state index in [1.807, 2.05) is 31.2 Å². The fourth-order valence-electron chi connectivity index (χ4n) is 2.80. The van der Waals surface area contributed by atoms with Crippen molar-refractivity contribution in [2.75, 3.05) is 13.1 Å². The van der Waals surface area contributed by atoms with E-state index >= 15 is 0 Å². The molecule has 26 heavy (non-hydrogen) atoms. The van der Waals surface area contributed by atoms with Crippen LogP contribution in [0.15, 0.2) is 53.0 Å². The molecule has 5 heteroatoms. The van der Waals surface area contributed by atoms with Crippen molar-refractivity contribution in [1.82, 2.24) is 15.5 Å². The highest BCUT2D eigenvalue weighted by Gasteiger charge is 2.11.